The van der Waals surface area contributed by atoms with Crippen molar-refractivity contribution in [1.29, 1.82) is 0 Å². The maximum atomic E-state index is 11.6. The Balaban J connectivity index is 2.09. The summed E-state index contributed by atoms with van der Waals surface area (Å²) in [6.07, 6.45) is 0.254. The van der Waals surface area contributed by atoms with E-state index in [2.05, 4.69) is 0 Å². The quantitative estimate of drug-likeness (QED) is 0.710. The van der Waals surface area contributed by atoms with Gasteiger partial charge in [-0.05, 0) is 12.5 Å². The minimum Gasteiger partial charge on any atom is -0.435 e. The molecule has 0 amide bonds. The lowest BCUT2D eigenvalue weighted by atomic mass is 9.98. The van der Waals surface area contributed by atoms with E-state index in [1.165, 1.54) is 0 Å². The molecule has 1 fully saturated rings. The second kappa shape index (κ2) is 4.45. The highest BCUT2D eigenvalue weighted by Gasteiger charge is 2.35. The third-order valence-corrected chi connectivity index (χ3v) is 2.51. The van der Waals surface area contributed by atoms with Crippen LogP contribution >= 0.6 is 0 Å². The number of benzene rings is 1. The van der Waals surface area contributed by atoms with Gasteiger partial charge in [-0.3, -0.25) is 4.79 Å². The third-order valence-electron chi connectivity index (χ3n) is 2.51. The number of esters is 1. The van der Waals surface area contributed by atoms with Crippen LogP contribution in [0.5, 0.6) is 0 Å². The highest BCUT2D eigenvalue weighted by atomic mass is 16.7. The van der Waals surface area contributed by atoms with Crippen LogP contribution in [0.3, 0.4) is 0 Å². The maximum Gasteiger partial charge on any atom is 0.315 e. The molecule has 1 aromatic rings. The molecule has 3 nitrogen and oxygen atoms in total. The molecule has 0 radical (unpaired) electrons. The molecule has 1 aromatic carbocycles. The van der Waals surface area contributed by atoms with Crippen LogP contribution in [0.1, 0.15) is 24.8 Å². The van der Waals surface area contributed by atoms with Gasteiger partial charge in [0.25, 0.3) is 0 Å². The van der Waals surface area contributed by atoms with E-state index in [9.17, 15) is 4.79 Å². The first-order valence-electron chi connectivity index (χ1n) is 5.18. The van der Waals surface area contributed by atoms with Crippen molar-refractivity contribution in [3.8, 4) is 0 Å². The van der Waals surface area contributed by atoms with Gasteiger partial charge in [0.15, 0.2) is 0 Å². The van der Waals surface area contributed by atoms with E-state index in [1.807, 2.05) is 37.3 Å². The summed E-state index contributed by atoms with van der Waals surface area (Å²) in [4.78, 5) is 11.6. The van der Waals surface area contributed by atoms with Crippen LogP contribution in [0.4, 0.5) is 0 Å². The SMILES string of the molecule is CCO[C@@H]1C[C@@H](c2ccccc2)C(=O)O1. The fourth-order valence-corrected chi connectivity index (χ4v) is 1.79. The first-order chi connectivity index (χ1) is 7.31. The van der Waals surface area contributed by atoms with Crippen molar-refractivity contribution in [3.63, 3.8) is 0 Å². The van der Waals surface area contributed by atoms with Crippen molar-refractivity contribution in [2.24, 2.45) is 0 Å². The van der Waals surface area contributed by atoms with Crippen molar-refractivity contribution < 1.29 is 14.3 Å². The summed E-state index contributed by atoms with van der Waals surface area (Å²) in [5.74, 6) is -0.345. The fraction of sp³-hybridized carbons (Fsp3) is 0.417. The van der Waals surface area contributed by atoms with Gasteiger partial charge in [-0.1, -0.05) is 30.3 Å². The van der Waals surface area contributed by atoms with E-state index in [0.29, 0.717) is 13.0 Å². The summed E-state index contributed by atoms with van der Waals surface area (Å²) in [6, 6.07) is 9.68. The zero-order valence-electron chi connectivity index (χ0n) is 8.68. The first-order valence-corrected chi connectivity index (χ1v) is 5.18. The summed E-state index contributed by atoms with van der Waals surface area (Å²) in [5.41, 5.74) is 1.00. The summed E-state index contributed by atoms with van der Waals surface area (Å²) >= 11 is 0. The molecule has 15 heavy (non-hydrogen) atoms. The number of rotatable bonds is 3. The van der Waals surface area contributed by atoms with Gasteiger partial charge in [0.2, 0.25) is 6.29 Å². The van der Waals surface area contributed by atoms with Crippen LogP contribution in [0.25, 0.3) is 0 Å². The smallest absolute Gasteiger partial charge is 0.315 e. The molecule has 80 valence electrons. The van der Waals surface area contributed by atoms with Gasteiger partial charge in [-0.25, -0.2) is 0 Å². The monoisotopic (exact) mass is 206 g/mol. The lowest BCUT2D eigenvalue weighted by molar-refractivity contribution is -0.161. The predicted molar refractivity (Wildman–Crippen MR) is 55.3 cm³/mol. The Labute approximate surface area is 89.0 Å². The topological polar surface area (TPSA) is 35.5 Å². The number of hydrogen-bond donors (Lipinski definition) is 0. The van der Waals surface area contributed by atoms with Crippen molar-refractivity contribution in [1.82, 2.24) is 0 Å². The van der Waals surface area contributed by atoms with Gasteiger partial charge in [-0.15, -0.1) is 0 Å². The number of ether oxygens (including phenoxy) is 2. The van der Waals surface area contributed by atoms with Crippen molar-refractivity contribution >= 4 is 5.97 Å². The molecule has 1 aliphatic rings. The highest BCUT2D eigenvalue weighted by Crippen LogP contribution is 2.30. The highest BCUT2D eigenvalue weighted by molar-refractivity contribution is 5.80. The van der Waals surface area contributed by atoms with Crippen molar-refractivity contribution in [3.05, 3.63) is 35.9 Å². The van der Waals surface area contributed by atoms with Gasteiger partial charge >= 0.3 is 5.97 Å². The minimum atomic E-state index is -0.368. The van der Waals surface area contributed by atoms with E-state index in [4.69, 9.17) is 9.47 Å². The lowest BCUT2D eigenvalue weighted by Gasteiger charge is -2.07. The average Bonchev–Trinajstić information content (AvgIpc) is 2.61. The van der Waals surface area contributed by atoms with Gasteiger partial charge in [0.1, 0.15) is 0 Å². The molecule has 0 unspecified atom stereocenters. The summed E-state index contributed by atoms with van der Waals surface area (Å²) in [5, 5.41) is 0. The second-order valence-electron chi connectivity index (χ2n) is 3.52. The Morgan fingerprint density at radius 1 is 1.40 bits per heavy atom. The largest absolute Gasteiger partial charge is 0.435 e. The van der Waals surface area contributed by atoms with Gasteiger partial charge < -0.3 is 9.47 Å². The van der Waals surface area contributed by atoms with E-state index < -0.39 is 0 Å². The van der Waals surface area contributed by atoms with E-state index in [0.717, 1.165) is 5.56 Å². The Morgan fingerprint density at radius 3 is 2.80 bits per heavy atom. The third kappa shape index (κ3) is 2.18. The van der Waals surface area contributed by atoms with Crippen LogP contribution in [-0.4, -0.2) is 18.9 Å². The molecule has 2 rings (SSSR count). The molecule has 0 N–H and O–H groups in total. The molecule has 3 heteroatoms. The van der Waals surface area contributed by atoms with Gasteiger partial charge in [-0.2, -0.15) is 0 Å². The molecule has 0 aliphatic carbocycles. The van der Waals surface area contributed by atoms with Crippen LogP contribution in [0.15, 0.2) is 30.3 Å². The van der Waals surface area contributed by atoms with Crippen LogP contribution in [-0.2, 0) is 14.3 Å². The number of cyclic esters (lactones) is 1. The van der Waals surface area contributed by atoms with Crippen LogP contribution in [0.2, 0.25) is 0 Å². The summed E-state index contributed by atoms with van der Waals surface area (Å²) in [7, 11) is 0. The van der Waals surface area contributed by atoms with Crippen molar-refractivity contribution in [2.45, 2.75) is 25.6 Å². The molecule has 0 saturated carbocycles. The number of carbonyl (C=O) groups is 1. The lowest BCUT2D eigenvalue weighted by Crippen LogP contribution is -2.10. The minimum absolute atomic E-state index is 0.164. The van der Waals surface area contributed by atoms with Crippen LogP contribution in [0, 0.1) is 0 Å². The average molecular weight is 206 g/mol. The van der Waals surface area contributed by atoms with Crippen LogP contribution < -0.4 is 0 Å². The molecule has 0 aromatic heterocycles. The summed E-state index contributed by atoms with van der Waals surface area (Å²) < 4.78 is 10.4. The van der Waals surface area contributed by atoms with E-state index >= 15 is 0 Å². The predicted octanol–water partition coefficient (Wildman–Crippen LogP) is 2.08. The van der Waals surface area contributed by atoms with E-state index in [-0.39, 0.29) is 18.2 Å². The Hall–Kier alpha value is -1.35. The standard InChI is InChI=1S/C12H14O3/c1-2-14-11-8-10(12(13)15-11)9-6-4-3-5-7-9/h3-7,10-11H,2,8H2,1H3/t10-,11-/m0/s1. The Kier molecular flexibility index (Phi) is 3.02. The molecule has 1 heterocycles. The maximum absolute atomic E-state index is 11.6. The van der Waals surface area contributed by atoms with E-state index in [1.54, 1.807) is 0 Å². The Morgan fingerprint density at radius 2 is 2.13 bits per heavy atom. The zero-order valence-corrected chi connectivity index (χ0v) is 8.68. The molecular weight excluding hydrogens is 192 g/mol. The normalized spacial score (nSPS) is 25.3. The van der Waals surface area contributed by atoms with Gasteiger partial charge in [0.05, 0.1) is 5.92 Å². The summed E-state index contributed by atoms with van der Waals surface area (Å²) in [6.45, 7) is 2.46. The fourth-order valence-electron chi connectivity index (χ4n) is 1.79. The molecule has 0 spiro atoms. The molecule has 2 atom stereocenters. The number of hydrogen-bond acceptors (Lipinski definition) is 3. The molecular formula is C12H14O3. The molecule has 0 bridgehead atoms. The second-order valence-corrected chi connectivity index (χ2v) is 3.52. The molecule has 1 aliphatic heterocycles. The molecule has 1 saturated heterocycles. The zero-order chi connectivity index (χ0) is 10.7. The van der Waals surface area contributed by atoms with Gasteiger partial charge in [0, 0.05) is 13.0 Å². The van der Waals surface area contributed by atoms with Crippen molar-refractivity contribution in [2.75, 3.05) is 6.61 Å². The Bertz CT molecular complexity index is 334. The first kappa shape index (κ1) is 10.2. The number of carbonyl (C=O) groups excluding carboxylic acids is 1.